The number of rotatable bonds is 10. The topological polar surface area (TPSA) is 71.1 Å². The molecule has 8 heteroatoms. The first-order chi connectivity index (χ1) is 15.5. The third-order valence-corrected chi connectivity index (χ3v) is 5.27. The molecule has 0 aliphatic carbocycles. The predicted octanol–water partition coefficient (Wildman–Crippen LogP) is 2.00. The van der Waals surface area contributed by atoms with Gasteiger partial charge in [0.25, 0.3) is 5.91 Å². The molecule has 0 unspecified atom stereocenters. The van der Waals surface area contributed by atoms with Crippen LogP contribution in [0.3, 0.4) is 0 Å². The summed E-state index contributed by atoms with van der Waals surface area (Å²) in [6.45, 7) is 4.82. The fourth-order valence-electron chi connectivity index (χ4n) is 3.56. The first kappa shape index (κ1) is 23.8. The summed E-state index contributed by atoms with van der Waals surface area (Å²) < 4.78 is 23.9. The van der Waals surface area contributed by atoms with Gasteiger partial charge in [0.2, 0.25) is 5.91 Å². The van der Waals surface area contributed by atoms with E-state index in [0.29, 0.717) is 17.8 Å². The molecule has 0 radical (unpaired) electrons. The van der Waals surface area contributed by atoms with Crippen LogP contribution >= 0.6 is 0 Å². The largest absolute Gasteiger partial charge is 0.379 e. The Morgan fingerprint density at radius 2 is 1.88 bits per heavy atom. The van der Waals surface area contributed by atoms with Gasteiger partial charge in [0, 0.05) is 39.0 Å². The maximum atomic E-state index is 13.6. The number of ether oxygens (including phenoxy) is 2. The fourth-order valence-corrected chi connectivity index (χ4v) is 3.56. The molecule has 7 nitrogen and oxygen atoms in total. The van der Waals surface area contributed by atoms with Gasteiger partial charge in [-0.25, -0.2) is 4.39 Å². The Bertz CT molecular complexity index is 885. The van der Waals surface area contributed by atoms with Crippen molar-refractivity contribution in [2.75, 3.05) is 58.0 Å². The molecular weight excluding hydrogens is 413 g/mol. The van der Waals surface area contributed by atoms with Crippen LogP contribution in [0.25, 0.3) is 0 Å². The minimum Gasteiger partial charge on any atom is -0.379 e. The summed E-state index contributed by atoms with van der Waals surface area (Å²) >= 11 is 0. The Morgan fingerprint density at radius 3 is 2.56 bits per heavy atom. The molecule has 1 N–H and O–H groups in total. The van der Waals surface area contributed by atoms with E-state index in [1.165, 1.54) is 19.2 Å². The molecule has 32 heavy (non-hydrogen) atoms. The SMILES string of the molecule is COCC(=O)N(Cc1cccc(F)c1)c1ccc(CC(=O)NCCN2CCOCC2)cc1. The van der Waals surface area contributed by atoms with Crippen molar-refractivity contribution in [3.8, 4) is 0 Å². The molecule has 1 heterocycles. The number of nitrogens with zero attached hydrogens (tertiary/aromatic N) is 2. The number of nitrogens with one attached hydrogen (secondary N) is 1. The van der Waals surface area contributed by atoms with Crippen LogP contribution in [0.15, 0.2) is 48.5 Å². The molecule has 0 bridgehead atoms. The van der Waals surface area contributed by atoms with Crippen LogP contribution in [0, 0.1) is 5.82 Å². The molecule has 0 atom stereocenters. The lowest BCUT2D eigenvalue weighted by atomic mass is 10.1. The molecule has 0 spiro atoms. The Hall–Kier alpha value is -2.81. The first-order valence-electron chi connectivity index (χ1n) is 10.7. The second kappa shape index (κ2) is 12.3. The zero-order valence-corrected chi connectivity index (χ0v) is 18.4. The highest BCUT2D eigenvalue weighted by Crippen LogP contribution is 2.19. The summed E-state index contributed by atoms with van der Waals surface area (Å²) in [5.41, 5.74) is 2.19. The van der Waals surface area contributed by atoms with E-state index in [1.807, 2.05) is 12.1 Å². The van der Waals surface area contributed by atoms with Crippen LogP contribution in [0.5, 0.6) is 0 Å². The molecule has 3 rings (SSSR count). The van der Waals surface area contributed by atoms with Gasteiger partial charge in [-0.15, -0.1) is 0 Å². The molecule has 1 saturated heterocycles. The Labute approximate surface area is 188 Å². The Balaban J connectivity index is 1.56. The van der Waals surface area contributed by atoms with Gasteiger partial charge in [-0.1, -0.05) is 24.3 Å². The van der Waals surface area contributed by atoms with Gasteiger partial charge in [-0.3, -0.25) is 14.5 Å². The van der Waals surface area contributed by atoms with Crippen LogP contribution in [-0.4, -0.2) is 69.8 Å². The minimum atomic E-state index is -0.350. The summed E-state index contributed by atoms with van der Waals surface area (Å²) in [4.78, 5) is 28.7. The lowest BCUT2D eigenvalue weighted by Crippen LogP contribution is -2.41. The molecule has 2 amide bonds. The van der Waals surface area contributed by atoms with Crippen molar-refractivity contribution in [2.45, 2.75) is 13.0 Å². The van der Waals surface area contributed by atoms with Crippen molar-refractivity contribution < 1.29 is 23.5 Å². The number of halogens is 1. The van der Waals surface area contributed by atoms with Crippen LogP contribution in [0.1, 0.15) is 11.1 Å². The molecule has 2 aromatic rings. The Morgan fingerprint density at radius 1 is 1.12 bits per heavy atom. The average Bonchev–Trinajstić information content (AvgIpc) is 2.79. The van der Waals surface area contributed by atoms with Crippen molar-refractivity contribution in [3.05, 3.63) is 65.5 Å². The number of anilines is 1. The number of morpholine rings is 1. The third-order valence-electron chi connectivity index (χ3n) is 5.27. The molecule has 0 saturated carbocycles. The van der Waals surface area contributed by atoms with Crippen LogP contribution in [0.4, 0.5) is 10.1 Å². The number of carbonyl (C=O) groups excluding carboxylic acids is 2. The maximum Gasteiger partial charge on any atom is 0.253 e. The number of amides is 2. The van der Waals surface area contributed by atoms with Gasteiger partial charge in [-0.2, -0.15) is 0 Å². The smallest absolute Gasteiger partial charge is 0.253 e. The van der Waals surface area contributed by atoms with Crippen LogP contribution < -0.4 is 10.2 Å². The summed E-state index contributed by atoms with van der Waals surface area (Å²) in [6.07, 6.45) is 0.263. The van der Waals surface area contributed by atoms with Gasteiger partial charge < -0.3 is 19.7 Å². The zero-order chi connectivity index (χ0) is 22.8. The molecule has 1 aliphatic rings. The van der Waals surface area contributed by atoms with E-state index in [0.717, 1.165) is 38.4 Å². The number of hydrogen-bond donors (Lipinski definition) is 1. The standard InChI is InChI=1S/C24H30FN3O4/c1-31-18-24(30)28(17-20-3-2-4-21(25)15-20)22-7-5-19(6-8-22)16-23(29)26-9-10-27-11-13-32-14-12-27/h2-8,15H,9-14,16-18H2,1H3,(H,26,29). The highest BCUT2D eigenvalue weighted by Gasteiger charge is 2.17. The number of hydrogen-bond acceptors (Lipinski definition) is 5. The summed E-state index contributed by atoms with van der Waals surface area (Å²) in [7, 11) is 1.46. The van der Waals surface area contributed by atoms with E-state index in [2.05, 4.69) is 10.2 Å². The third kappa shape index (κ3) is 7.40. The predicted molar refractivity (Wildman–Crippen MR) is 120 cm³/mol. The number of benzene rings is 2. The second-order valence-electron chi connectivity index (χ2n) is 7.69. The van der Waals surface area contributed by atoms with Crippen molar-refractivity contribution in [2.24, 2.45) is 0 Å². The fraction of sp³-hybridized carbons (Fsp3) is 0.417. The molecule has 1 aliphatic heterocycles. The molecular formula is C24H30FN3O4. The highest BCUT2D eigenvalue weighted by atomic mass is 19.1. The van der Waals surface area contributed by atoms with E-state index in [4.69, 9.17) is 9.47 Å². The van der Waals surface area contributed by atoms with E-state index < -0.39 is 0 Å². The molecule has 0 aromatic heterocycles. The van der Waals surface area contributed by atoms with Gasteiger partial charge in [0.15, 0.2) is 0 Å². The lowest BCUT2D eigenvalue weighted by molar-refractivity contribution is -0.122. The summed E-state index contributed by atoms with van der Waals surface area (Å²) in [5.74, 6) is -0.625. The maximum absolute atomic E-state index is 13.6. The zero-order valence-electron chi connectivity index (χ0n) is 18.4. The van der Waals surface area contributed by atoms with E-state index in [1.54, 1.807) is 29.2 Å². The van der Waals surface area contributed by atoms with Gasteiger partial charge >= 0.3 is 0 Å². The Kier molecular flexibility index (Phi) is 9.15. The minimum absolute atomic E-state index is 0.0434. The van der Waals surface area contributed by atoms with E-state index >= 15 is 0 Å². The van der Waals surface area contributed by atoms with Crippen molar-refractivity contribution >= 4 is 17.5 Å². The average molecular weight is 444 g/mol. The highest BCUT2D eigenvalue weighted by molar-refractivity contribution is 5.94. The second-order valence-corrected chi connectivity index (χ2v) is 7.69. The first-order valence-corrected chi connectivity index (χ1v) is 10.7. The lowest BCUT2D eigenvalue weighted by Gasteiger charge is -2.26. The molecule has 172 valence electrons. The number of methoxy groups -OCH3 is 1. The molecule has 1 fully saturated rings. The normalized spacial score (nSPS) is 14.2. The van der Waals surface area contributed by atoms with Crippen molar-refractivity contribution in [1.29, 1.82) is 0 Å². The monoisotopic (exact) mass is 443 g/mol. The van der Waals surface area contributed by atoms with Crippen molar-refractivity contribution in [3.63, 3.8) is 0 Å². The summed E-state index contributed by atoms with van der Waals surface area (Å²) in [6, 6.07) is 13.4. The van der Waals surface area contributed by atoms with Crippen LogP contribution in [0.2, 0.25) is 0 Å². The van der Waals surface area contributed by atoms with E-state index in [-0.39, 0.29) is 37.2 Å². The van der Waals surface area contributed by atoms with Crippen LogP contribution in [-0.2, 0) is 32.0 Å². The van der Waals surface area contributed by atoms with Crippen molar-refractivity contribution in [1.82, 2.24) is 10.2 Å². The van der Waals surface area contributed by atoms with E-state index in [9.17, 15) is 14.0 Å². The van der Waals surface area contributed by atoms with Gasteiger partial charge in [0.05, 0.1) is 26.2 Å². The summed E-state index contributed by atoms with van der Waals surface area (Å²) in [5, 5.41) is 2.95. The number of carbonyl (C=O) groups is 2. The quantitative estimate of drug-likeness (QED) is 0.608. The molecule has 2 aromatic carbocycles. The van der Waals surface area contributed by atoms with Gasteiger partial charge in [0.1, 0.15) is 12.4 Å². The van der Waals surface area contributed by atoms with Gasteiger partial charge in [-0.05, 0) is 35.4 Å².